The molecule has 108 valence electrons. The lowest BCUT2D eigenvalue weighted by Gasteiger charge is -2.07. The van der Waals surface area contributed by atoms with Gasteiger partial charge in [0.2, 0.25) is 0 Å². The second-order valence-corrected chi connectivity index (χ2v) is 12.5. The Kier molecular flexibility index (Phi) is 15.2. The van der Waals surface area contributed by atoms with Gasteiger partial charge in [-0.2, -0.15) is 0 Å². The fourth-order valence-corrected chi connectivity index (χ4v) is 2.46. The Labute approximate surface area is 121 Å². The van der Waals surface area contributed by atoms with Gasteiger partial charge in [0.1, 0.15) is 21.0 Å². The Bertz CT molecular complexity index is 236. The number of hydrogen-bond acceptors (Lipinski definition) is 4. The molecular weight excluding hydrogens is 296 g/mol. The van der Waals surface area contributed by atoms with E-state index in [4.69, 9.17) is 13.0 Å². The van der Waals surface area contributed by atoms with Crippen LogP contribution < -0.4 is 0 Å². The molecule has 0 aromatic rings. The van der Waals surface area contributed by atoms with Crippen molar-refractivity contribution >= 4 is 45.0 Å². The maximum atomic E-state index is 10.9. The summed E-state index contributed by atoms with van der Waals surface area (Å²) in [6.45, 7) is 12.2. The molecule has 0 aromatic heterocycles. The fourth-order valence-electron chi connectivity index (χ4n) is 0.777. The normalized spacial score (nSPS) is 11.8. The highest BCUT2D eigenvalue weighted by Gasteiger charge is 2.04. The third-order valence-electron chi connectivity index (χ3n) is 2.21. The zero-order valence-corrected chi connectivity index (χ0v) is 18.9. The van der Waals surface area contributed by atoms with E-state index >= 15 is 0 Å². The first-order valence-electron chi connectivity index (χ1n) is 6.23. The van der Waals surface area contributed by atoms with E-state index in [0.29, 0.717) is 12.2 Å². The number of rotatable bonds is 7. The molecule has 0 aliphatic carbocycles. The summed E-state index contributed by atoms with van der Waals surface area (Å²) in [4.78, 5) is 10.9. The van der Waals surface area contributed by atoms with E-state index in [1.54, 1.807) is 6.92 Å². The predicted octanol–water partition coefficient (Wildman–Crippen LogP) is -0.587. The number of carbonyl (C=O) groups is 1. The summed E-state index contributed by atoms with van der Waals surface area (Å²) in [5.41, 5.74) is 0.462. The van der Waals surface area contributed by atoms with Gasteiger partial charge in [0.25, 0.3) is 0 Å². The zero-order valence-electron chi connectivity index (χ0n) is 12.6. The molecule has 0 aliphatic heterocycles. The number of carbonyl (C=O) groups excluding carboxylic acids is 1. The minimum Gasteiger partial charge on any atom is -0.466 e. The molecule has 4 nitrogen and oxygen atoms in total. The number of hydrogen-bond donors (Lipinski definition) is 0. The Hall–Kier alpha value is -0.00247. The first-order chi connectivity index (χ1) is 8.34. The lowest BCUT2D eigenvalue weighted by Crippen LogP contribution is -2.13. The molecule has 1 atom stereocenters. The van der Waals surface area contributed by atoms with Crippen molar-refractivity contribution < 1.29 is 17.8 Å². The smallest absolute Gasteiger partial charge is 0.333 e. The van der Waals surface area contributed by atoms with Gasteiger partial charge in [-0.3, -0.25) is 0 Å². The molecule has 8 heteroatoms. The molecule has 0 saturated carbocycles. The molecular formula is C10H28O4Si4. The van der Waals surface area contributed by atoms with Crippen LogP contribution in [0, 0.1) is 0 Å². The third-order valence-corrected chi connectivity index (χ3v) is 10.4. The molecule has 0 aliphatic rings. The molecule has 0 spiro atoms. The van der Waals surface area contributed by atoms with Crippen molar-refractivity contribution in [2.45, 2.75) is 39.0 Å². The third kappa shape index (κ3) is 16.0. The van der Waals surface area contributed by atoms with Gasteiger partial charge < -0.3 is 13.0 Å². The van der Waals surface area contributed by atoms with E-state index < -0.39 is 18.1 Å². The van der Waals surface area contributed by atoms with Crippen molar-refractivity contribution in [2.24, 2.45) is 0 Å². The van der Waals surface area contributed by atoms with Crippen molar-refractivity contribution in [3.63, 3.8) is 0 Å². The highest BCUT2D eigenvalue weighted by atomic mass is 28.3. The Morgan fingerprint density at radius 1 is 1.22 bits per heavy atom. The Morgan fingerprint density at radius 2 is 1.72 bits per heavy atom. The van der Waals surface area contributed by atoms with Gasteiger partial charge in [-0.05, 0) is 39.0 Å². The predicted molar refractivity (Wildman–Crippen MR) is 89.1 cm³/mol. The van der Waals surface area contributed by atoms with Crippen LogP contribution in [0.1, 0.15) is 13.3 Å². The molecule has 1 unspecified atom stereocenters. The van der Waals surface area contributed by atoms with E-state index in [-0.39, 0.29) is 5.97 Å². The molecule has 0 aromatic carbocycles. The van der Waals surface area contributed by atoms with Gasteiger partial charge in [-0.1, -0.05) is 6.58 Å². The maximum Gasteiger partial charge on any atom is 0.333 e. The molecule has 0 amide bonds. The molecule has 0 heterocycles. The topological polar surface area (TPSA) is 44.8 Å². The molecule has 0 saturated heterocycles. The van der Waals surface area contributed by atoms with Gasteiger partial charge in [0.05, 0.1) is 6.61 Å². The van der Waals surface area contributed by atoms with Crippen LogP contribution >= 0.6 is 0 Å². The average molecular weight is 325 g/mol. The summed E-state index contributed by atoms with van der Waals surface area (Å²) < 4.78 is 15.3. The van der Waals surface area contributed by atoms with Crippen LogP contribution in [0.15, 0.2) is 12.2 Å². The van der Waals surface area contributed by atoms with Crippen LogP contribution in [0.2, 0.25) is 25.7 Å². The summed E-state index contributed by atoms with van der Waals surface area (Å²) in [6.07, 6.45) is 0.911. The second kappa shape index (κ2) is 13.4. The molecule has 0 N–H and O–H groups in total. The van der Waals surface area contributed by atoms with E-state index in [0.717, 1.165) is 33.4 Å². The molecule has 0 radical (unpaired) electrons. The van der Waals surface area contributed by atoms with Gasteiger partial charge in [0, 0.05) is 5.57 Å². The van der Waals surface area contributed by atoms with Crippen LogP contribution in [-0.4, -0.2) is 51.6 Å². The van der Waals surface area contributed by atoms with Crippen LogP contribution in [0.3, 0.4) is 0 Å². The fraction of sp³-hybridized carbons (Fsp3) is 0.700. The van der Waals surface area contributed by atoms with Crippen LogP contribution in [0.5, 0.6) is 0 Å². The minimum atomic E-state index is -0.921. The van der Waals surface area contributed by atoms with Crippen molar-refractivity contribution in [1.82, 2.24) is 0 Å². The van der Waals surface area contributed by atoms with Gasteiger partial charge >= 0.3 is 5.97 Å². The highest BCUT2D eigenvalue weighted by Crippen LogP contribution is 2.00. The minimum absolute atomic E-state index is 0.291. The molecule has 18 heavy (non-hydrogen) atoms. The summed E-state index contributed by atoms with van der Waals surface area (Å²) in [5, 5.41) is 0. The lowest BCUT2D eigenvalue weighted by molar-refractivity contribution is -0.138. The number of ether oxygens (including phenoxy) is 1. The molecule has 0 fully saturated rings. The summed E-state index contributed by atoms with van der Waals surface area (Å²) in [7, 11) is 0.251. The Balaban J connectivity index is 0. The van der Waals surface area contributed by atoms with E-state index in [1.165, 1.54) is 0 Å². The van der Waals surface area contributed by atoms with E-state index in [1.807, 2.05) is 0 Å². The zero-order chi connectivity index (χ0) is 14.6. The standard InChI is InChI=1S/C8H18O3Si2.C2H10OSi2/c1-7(2)8(9)10-5-4-6-13(3)11-12;1-5(2)3-4/h13H,1,4-6H2,2-3,12H3;5H,1-2,4H3. The second-order valence-electron chi connectivity index (χ2n) is 4.39. The van der Waals surface area contributed by atoms with Gasteiger partial charge in [-0.15, -0.1) is 0 Å². The Morgan fingerprint density at radius 3 is 2.06 bits per heavy atom. The van der Waals surface area contributed by atoms with Crippen molar-refractivity contribution in [3.8, 4) is 0 Å². The van der Waals surface area contributed by atoms with Crippen LogP contribution in [-0.2, 0) is 17.8 Å². The highest BCUT2D eigenvalue weighted by molar-refractivity contribution is 6.54. The maximum absolute atomic E-state index is 10.9. The SMILES string of the molecule is C=C(C)C(=O)OCCC[SiH](C)O[SiH3].C[SiH](C)O[SiH3]. The first-order valence-corrected chi connectivity index (χ1v) is 13.1. The summed E-state index contributed by atoms with van der Waals surface area (Å²) in [5.74, 6) is -0.291. The molecule has 0 rings (SSSR count). The largest absolute Gasteiger partial charge is 0.466 e. The lowest BCUT2D eigenvalue weighted by atomic mass is 10.4. The monoisotopic (exact) mass is 324 g/mol. The van der Waals surface area contributed by atoms with Crippen LogP contribution in [0.4, 0.5) is 0 Å². The van der Waals surface area contributed by atoms with Gasteiger partial charge in [0.15, 0.2) is 18.1 Å². The van der Waals surface area contributed by atoms with Crippen molar-refractivity contribution in [3.05, 3.63) is 12.2 Å². The van der Waals surface area contributed by atoms with E-state index in [2.05, 4.69) is 26.2 Å². The van der Waals surface area contributed by atoms with Crippen LogP contribution in [0.25, 0.3) is 0 Å². The average Bonchev–Trinajstić information content (AvgIpc) is 2.34. The summed E-state index contributed by atoms with van der Waals surface area (Å²) >= 11 is 0. The van der Waals surface area contributed by atoms with E-state index in [9.17, 15) is 4.79 Å². The molecule has 0 bridgehead atoms. The van der Waals surface area contributed by atoms with Crippen molar-refractivity contribution in [2.75, 3.05) is 6.61 Å². The van der Waals surface area contributed by atoms with Gasteiger partial charge in [-0.25, -0.2) is 4.79 Å². The number of esters is 1. The first kappa shape index (κ1) is 20.3. The quantitative estimate of drug-likeness (QED) is 0.272. The van der Waals surface area contributed by atoms with Crippen molar-refractivity contribution in [1.29, 1.82) is 0 Å². The summed E-state index contributed by atoms with van der Waals surface area (Å²) in [6, 6.07) is 1.08.